The Bertz CT molecular complexity index is 824. The molecule has 1 fully saturated rings. The van der Waals surface area contributed by atoms with Crippen molar-refractivity contribution in [3.8, 4) is 0 Å². The molecule has 0 aromatic rings. The predicted molar refractivity (Wildman–Crippen MR) is 177 cm³/mol. The Morgan fingerprint density at radius 2 is 1.65 bits per heavy atom. The van der Waals surface area contributed by atoms with Crippen molar-refractivity contribution in [2.75, 3.05) is 6.61 Å². The molecule has 0 saturated heterocycles. The zero-order valence-electron chi connectivity index (χ0n) is 27.7. The highest BCUT2D eigenvalue weighted by Gasteiger charge is 2.42. The number of carbonyl (C=O) groups excluding carboxylic acids is 1. The van der Waals surface area contributed by atoms with E-state index in [1.54, 1.807) is 0 Å². The highest BCUT2D eigenvalue weighted by Crippen LogP contribution is 2.38. The summed E-state index contributed by atoms with van der Waals surface area (Å²) in [7, 11) is -5.25. The molecule has 0 aromatic heterocycles. The largest absolute Gasteiger partial charge is 0.520 e. The van der Waals surface area contributed by atoms with Crippen LogP contribution in [-0.2, 0) is 22.9 Å². The first-order chi connectivity index (χ1) is 18.5. The topological polar surface area (TPSA) is 66.4 Å². The zero-order chi connectivity index (χ0) is 30.4. The van der Waals surface area contributed by atoms with Gasteiger partial charge < -0.3 is 18.1 Å². The van der Waals surface area contributed by atoms with Crippen LogP contribution >= 0.6 is 0 Å². The molecule has 40 heavy (non-hydrogen) atoms. The van der Waals surface area contributed by atoms with Gasteiger partial charge in [0.15, 0.2) is 16.6 Å². The Kier molecular flexibility index (Phi) is 16.5. The first-order valence-corrected chi connectivity index (χ1v) is 25.9. The van der Waals surface area contributed by atoms with Gasteiger partial charge in [0.2, 0.25) is 8.32 Å². The van der Waals surface area contributed by atoms with Gasteiger partial charge in [-0.05, 0) is 97.4 Å². The van der Waals surface area contributed by atoms with Crippen LogP contribution in [0, 0.1) is 11.8 Å². The quantitative estimate of drug-likeness (QED) is 0.0631. The van der Waals surface area contributed by atoms with Crippen molar-refractivity contribution in [1.29, 1.82) is 0 Å². The number of oxime groups is 1. The van der Waals surface area contributed by atoms with E-state index in [0.717, 1.165) is 37.8 Å². The van der Waals surface area contributed by atoms with Crippen LogP contribution in [0.25, 0.3) is 0 Å². The average molecular weight is 612 g/mol. The summed E-state index contributed by atoms with van der Waals surface area (Å²) >= 11 is 0. The number of carbonyl (C=O) groups is 1. The molecule has 0 radical (unpaired) electrons. The van der Waals surface area contributed by atoms with E-state index >= 15 is 0 Å². The molecule has 0 amide bonds. The highest BCUT2D eigenvalue weighted by molar-refractivity contribution is 6.71. The molecule has 0 spiro atoms. The number of hydrogen-bond donors (Lipinski definition) is 0. The second-order valence-corrected chi connectivity index (χ2v) is 27.3. The van der Waals surface area contributed by atoms with E-state index in [4.69, 9.17) is 18.1 Å². The van der Waals surface area contributed by atoms with Crippen molar-refractivity contribution in [3.05, 3.63) is 24.3 Å². The minimum absolute atomic E-state index is 0.0667. The van der Waals surface area contributed by atoms with Crippen molar-refractivity contribution >= 4 is 36.6 Å². The van der Waals surface area contributed by atoms with Gasteiger partial charge in [-0.25, -0.2) is 0 Å². The number of unbranched alkanes of at least 4 members (excludes halogenated alkanes) is 3. The lowest BCUT2D eigenvalue weighted by Crippen LogP contribution is -2.35. The van der Waals surface area contributed by atoms with E-state index in [1.165, 1.54) is 19.3 Å². The molecule has 1 saturated carbocycles. The average Bonchev–Trinajstić information content (AvgIpc) is 3.10. The molecule has 1 aliphatic carbocycles. The van der Waals surface area contributed by atoms with E-state index in [2.05, 4.69) is 75.7 Å². The van der Waals surface area contributed by atoms with E-state index in [9.17, 15) is 4.79 Å². The molecule has 232 valence electrons. The maximum absolute atomic E-state index is 12.1. The lowest BCUT2D eigenvalue weighted by Gasteiger charge is -2.29. The summed E-state index contributed by atoms with van der Waals surface area (Å²) in [5.74, 6) is 0.379. The molecule has 4 atom stereocenters. The van der Waals surface area contributed by atoms with Gasteiger partial charge >= 0.3 is 0 Å². The third-order valence-corrected chi connectivity index (χ3v) is 9.29. The van der Waals surface area contributed by atoms with Crippen LogP contribution in [0.1, 0.15) is 71.6 Å². The van der Waals surface area contributed by atoms with Crippen molar-refractivity contribution in [2.24, 2.45) is 17.0 Å². The van der Waals surface area contributed by atoms with Gasteiger partial charge in [0.25, 0.3) is 5.97 Å². The second-order valence-electron chi connectivity index (χ2n) is 14.0. The molecule has 1 rings (SSSR count). The van der Waals surface area contributed by atoms with E-state index < -0.39 is 25.0 Å². The summed E-state index contributed by atoms with van der Waals surface area (Å²) in [6, 6.07) is 0. The summed E-state index contributed by atoms with van der Waals surface area (Å²) in [6.45, 7) is 24.5. The highest BCUT2D eigenvalue weighted by atomic mass is 28.4. The summed E-state index contributed by atoms with van der Waals surface area (Å²) < 4.78 is 18.9. The van der Waals surface area contributed by atoms with Crippen LogP contribution in [0.15, 0.2) is 29.5 Å². The van der Waals surface area contributed by atoms with Gasteiger partial charge in [-0.2, -0.15) is 0 Å². The fourth-order valence-corrected chi connectivity index (χ4v) is 8.02. The van der Waals surface area contributed by atoms with Crippen LogP contribution in [0.5, 0.6) is 0 Å². The Labute approximate surface area is 249 Å². The van der Waals surface area contributed by atoms with Crippen molar-refractivity contribution < 1.29 is 22.9 Å². The molecule has 0 aliphatic heterocycles. The molecule has 0 bridgehead atoms. The van der Waals surface area contributed by atoms with Crippen LogP contribution in [-0.4, -0.2) is 55.4 Å². The van der Waals surface area contributed by atoms with Crippen LogP contribution in [0.4, 0.5) is 0 Å². The van der Waals surface area contributed by atoms with Crippen LogP contribution in [0.2, 0.25) is 58.9 Å². The smallest absolute Gasteiger partial charge is 0.292 e. The minimum Gasteiger partial charge on any atom is -0.520 e. The monoisotopic (exact) mass is 611 g/mol. The van der Waals surface area contributed by atoms with Crippen molar-refractivity contribution in [2.45, 2.75) is 143 Å². The van der Waals surface area contributed by atoms with Crippen LogP contribution in [0.3, 0.4) is 0 Å². The summed E-state index contributed by atoms with van der Waals surface area (Å²) in [6.07, 6.45) is 17.9. The van der Waals surface area contributed by atoms with Crippen molar-refractivity contribution in [3.63, 3.8) is 0 Å². The number of allylic oxidation sites excluding steroid dienone is 3. The van der Waals surface area contributed by atoms with Gasteiger partial charge in [0.1, 0.15) is 6.61 Å². The third-order valence-electron chi connectivity index (χ3n) is 6.43. The first kappa shape index (κ1) is 37.0. The predicted octanol–water partition coefficient (Wildman–Crippen LogP) is 9.09. The second kappa shape index (κ2) is 17.8. The summed E-state index contributed by atoms with van der Waals surface area (Å²) in [4.78, 5) is 17.7. The van der Waals surface area contributed by atoms with Crippen molar-refractivity contribution in [1.82, 2.24) is 0 Å². The number of hydrogen-bond acceptors (Lipinski definition) is 6. The SMILES string of the molecule is CCCCC[C@@H](/C=C/[C@@H]1/C(=N/OCC)C[C@H](O[Si](C)(C)C)[C@H]1C/C=C\CCCC(=O)O[Si](C)(C)C)O[Si](C)(C)C. The maximum atomic E-state index is 12.1. The standard InChI is InChI=1S/C31H61NO5Si3/c1-12-14-17-20-26(35-38(3,4)5)23-24-27-28(21-18-15-16-19-22-31(33)37-40(9,10)11)30(36-39(6,7)8)25-29(27)32-34-13-2/h15,18,23-24,26-28,30H,12-14,16-17,19-22,25H2,1-11H3/b18-15-,24-23+,32-29+/t26-,27-,28-,30-/m0/s1. The normalized spacial score (nSPS) is 22.5. The lowest BCUT2D eigenvalue weighted by atomic mass is 9.89. The summed E-state index contributed by atoms with van der Waals surface area (Å²) in [5, 5.41) is 4.58. The Morgan fingerprint density at radius 3 is 2.23 bits per heavy atom. The molecular weight excluding hydrogens is 551 g/mol. The van der Waals surface area contributed by atoms with E-state index in [-0.39, 0.29) is 24.1 Å². The van der Waals surface area contributed by atoms with Gasteiger partial charge in [-0.1, -0.05) is 55.6 Å². The van der Waals surface area contributed by atoms with Crippen LogP contribution < -0.4 is 0 Å². The van der Waals surface area contributed by atoms with Gasteiger partial charge in [-0.15, -0.1) is 0 Å². The van der Waals surface area contributed by atoms with E-state index in [0.29, 0.717) is 18.9 Å². The fourth-order valence-electron chi connectivity index (χ4n) is 4.97. The van der Waals surface area contributed by atoms with Gasteiger partial charge in [0.05, 0.1) is 17.9 Å². The molecule has 0 heterocycles. The zero-order valence-corrected chi connectivity index (χ0v) is 30.7. The molecule has 6 nitrogen and oxygen atoms in total. The fraction of sp³-hybridized carbons (Fsp3) is 0.806. The Hall–Kier alpha value is -1.01. The molecule has 0 unspecified atom stereocenters. The molecule has 9 heteroatoms. The van der Waals surface area contributed by atoms with E-state index in [1.807, 2.05) is 26.6 Å². The minimum atomic E-state index is -1.82. The Morgan fingerprint density at radius 1 is 0.950 bits per heavy atom. The molecular formula is C31H61NO5Si3. The lowest BCUT2D eigenvalue weighted by molar-refractivity contribution is -0.135. The molecule has 0 N–H and O–H groups in total. The van der Waals surface area contributed by atoms with Gasteiger partial charge in [0, 0.05) is 18.8 Å². The number of rotatable bonds is 19. The Balaban J connectivity index is 3.08. The summed E-state index contributed by atoms with van der Waals surface area (Å²) in [5.41, 5.74) is 1.08. The van der Waals surface area contributed by atoms with Gasteiger partial charge in [-0.3, -0.25) is 4.79 Å². The third kappa shape index (κ3) is 17.1. The number of nitrogens with zero attached hydrogens (tertiary/aromatic N) is 1. The maximum Gasteiger partial charge on any atom is 0.292 e. The molecule has 1 aliphatic rings. The first-order valence-electron chi connectivity index (χ1n) is 15.6. The molecule has 0 aromatic carbocycles.